The van der Waals surface area contributed by atoms with Crippen LogP contribution in [0.2, 0.25) is 0 Å². The summed E-state index contributed by atoms with van der Waals surface area (Å²) in [5.41, 5.74) is 10.3. The SMILES string of the molecule is C/C=C\c1sc2c(-c3ccc(-c4ccc(-c5ccc(-c6cccc7c6sc6ccccc67)nc5)cc4)cn3)cccc2c1CC. The van der Waals surface area contributed by atoms with Crippen LogP contribution in [0.5, 0.6) is 0 Å². The van der Waals surface area contributed by atoms with Gasteiger partial charge in [-0.15, -0.1) is 22.7 Å². The normalized spacial score (nSPS) is 11.8. The predicted molar refractivity (Wildman–Crippen MR) is 196 cm³/mol. The lowest BCUT2D eigenvalue weighted by molar-refractivity contribution is 1.17. The molecule has 0 radical (unpaired) electrons. The molecule has 0 saturated heterocycles. The highest BCUT2D eigenvalue weighted by atomic mass is 32.1. The zero-order chi connectivity index (χ0) is 30.3. The zero-order valence-electron chi connectivity index (χ0n) is 25.1. The summed E-state index contributed by atoms with van der Waals surface area (Å²) >= 11 is 3.70. The first kappa shape index (κ1) is 27.6. The summed E-state index contributed by atoms with van der Waals surface area (Å²) < 4.78 is 3.91. The lowest BCUT2D eigenvalue weighted by Gasteiger charge is -2.08. The molecule has 0 bridgehead atoms. The molecule has 0 saturated carbocycles. The van der Waals surface area contributed by atoms with Crippen molar-refractivity contribution < 1.29 is 0 Å². The smallest absolute Gasteiger partial charge is 0.0716 e. The first-order chi connectivity index (χ1) is 22.2. The molecule has 0 aliphatic heterocycles. The number of nitrogens with zero attached hydrogens (tertiary/aromatic N) is 2. The van der Waals surface area contributed by atoms with E-state index in [4.69, 9.17) is 9.97 Å². The van der Waals surface area contributed by atoms with Crippen molar-refractivity contribution in [1.29, 1.82) is 0 Å². The zero-order valence-corrected chi connectivity index (χ0v) is 26.8. The highest BCUT2D eigenvalue weighted by Gasteiger charge is 2.14. The molecule has 216 valence electrons. The molecule has 2 nitrogen and oxygen atoms in total. The molecule has 0 unspecified atom stereocenters. The van der Waals surface area contributed by atoms with Crippen molar-refractivity contribution in [3.63, 3.8) is 0 Å². The fraction of sp³-hybridized carbons (Fsp3) is 0.0732. The van der Waals surface area contributed by atoms with Crippen LogP contribution in [-0.4, -0.2) is 9.97 Å². The molecule has 4 aromatic carbocycles. The Bertz CT molecular complexity index is 2340. The van der Waals surface area contributed by atoms with Gasteiger partial charge in [-0.3, -0.25) is 9.97 Å². The van der Waals surface area contributed by atoms with Gasteiger partial charge in [0.05, 0.1) is 11.4 Å². The number of allylic oxidation sites excluding steroid dienone is 1. The van der Waals surface area contributed by atoms with Gasteiger partial charge < -0.3 is 0 Å². The summed E-state index contributed by atoms with van der Waals surface area (Å²) in [7, 11) is 0. The Morgan fingerprint density at radius 1 is 0.556 bits per heavy atom. The maximum Gasteiger partial charge on any atom is 0.0716 e. The van der Waals surface area contributed by atoms with Crippen molar-refractivity contribution in [1.82, 2.24) is 9.97 Å². The summed E-state index contributed by atoms with van der Waals surface area (Å²) in [6.45, 7) is 4.32. The molecule has 0 aliphatic carbocycles. The van der Waals surface area contributed by atoms with Crippen LogP contribution < -0.4 is 0 Å². The van der Waals surface area contributed by atoms with Crippen LogP contribution in [0.4, 0.5) is 0 Å². The second-order valence-corrected chi connectivity index (χ2v) is 13.3. The van der Waals surface area contributed by atoms with E-state index < -0.39 is 0 Å². The minimum absolute atomic E-state index is 1.00. The Labute approximate surface area is 271 Å². The Balaban J connectivity index is 1.05. The van der Waals surface area contributed by atoms with Gasteiger partial charge in [-0.2, -0.15) is 0 Å². The molecular weight excluding hydrogens is 585 g/mol. The molecule has 4 heteroatoms. The average molecular weight is 615 g/mol. The van der Waals surface area contributed by atoms with Gasteiger partial charge in [0.25, 0.3) is 0 Å². The van der Waals surface area contributed by atoms with Gasteiger partial charge in [-0.25, -0.2) is 0 Å². The highest BCUT2D eigenvalue weighted by molar-refractivity contribution is 7.26. The molecular formula is C41H30N2S2. The van der Waals surface area contributed by atoms with E-state index in [1.165, 1.54) is 51.8 Å². The summed E-state index contributed by atoms with van der Waals surface area (Å²) in [5.74, 6) is 0. The number of pyridine rings is 2. The minimum Gasteiger partial charge on any atom is -0.256 e. The third-order valence-electron chi connectivity index (χ3n) is 8.56. The maximum atomic E-state index is 4.92. The predicted octanol–water partition coefficient (Wildman–Crippen LogP) is 12.3. The topological polar surface area (TPSA) is 25.8 Å². The Morgan fingerprint density at radius 3 is 1.69 bits per heavy atom. The number of aryl methyl sites for hydroxylation is 1. The summed E-state index contributed by atoms with van der Waals surface area (Å²) in [6.07, 6.45) is 9.36. The Hall–Kier alpha value is -4.90. The summed E-state index contributed by atoms with van der Waals surface area (Å²) in [6, 6.07) is 39.1. The first-order valence-electron chi connectivity index (χ1n) is 15.3. The Kier molecular flexibility index (Phi) is 7.09. The molecule has 4 heterocycles. The fourth-order valence-corrected chi connectivity index (χ4v) is 8.90. The van der Waals surface area contributed by atoms with Gasteiger partial charge in [0.2, 0.25) is 0 Å². The van der Waals surface area contributed by atoms with Crippen LogP contribution >= 0.6 is 22.7 Å². The molecule has 8 aromatic rings. The molecule has 0 spiro atoms. The number of rotatable bonds is 6. The molecule has 0 aliphatic rings. The van der Waals surface area contributed by atoms with Crippen LogP contribution in [0, 0.1) is 0 Å². The van der Waals surface area contributed by atoms with Crippen molar-refractivity contribution in [3.8, 4) is 44.8 Å². The molecule has 0 amide bonds. The van der Waals surface area contributed by atoms with E-state index in [1.807, 2.05) is 35.1 Å². The van der Waals surface area contributed by atoms with Crippen molar-refractivity contribution in [2.24, 2.45) is 0 Å². The van der Waals surface area contributed by atoms with Crippen molar-refractivity contribution in [2.45, 2.75) is 20.3 Å². The van der Waals surface area contributed by atoms with Gasteiger partial charge in [0.1, 0.15) is 0 Å². The number of aromatic nitrogens is 2. The highest BCUT2D eigenvalue weighted by Crippen LogP contribution is 2.41. The number of hydrogen-bond donors (Lipinski definition) is 0. The second kappa shape index (κ2) is 11.6. The van der Waals surface area contributed by atoms with Gasteiger partial charge in [-0.1, -0.05) is 104 Å². The quantitative estimate of drug-likeness (QED) is 0.186. The molecule has 0 atom stereocenters. The molecule has 8 rings (SSSR count). The summed E-state index contributed by atoms with van der Waals surface area (Å²) in [4.78, 5) is 11.2. The van der Waals surface area contributed by atoms with Gasteiger partial charge in [-0.05, 0) is 59.7 Å². The van der Waals surface area contributed by atoms with Gasteiger partial charge in [0.15, 0.2) is 0 Å². The number of fused-ring (bicyclic) bond motifs is 4. The summed E-state index contributed by atoms with van der Waals surface area (Å²) in [5, 5.41) is 3.95. The van der Waals surface area contributed by atoms with E-state index in [-0.39, 0.29) is 0 Å². The molecule has 45 heavy (non-hydrogen) atoms. The van der Waals surface area contributed by atoms with Crippen LogP contribution in [0.3, 0.4) is 0 Å². The van der Waals surface area contributed by atoms with E-state index in [0.717, 1.165) is 40.1 Å². The maximum absolute atomic E-state index is 4.92. The van der Waals surface area contributed by atoms with Crippen molar-refractivity contribution in [2.75, 3.05) is 0 Å². The van der Waals surface area contributed by atoms with E-state index in [2.05, 4.69) is 135 Å². The third kappa shape index (κ3) is 4.87. The van der Waals surface area contributed by atoms with Gasteiger partial charge in [0, 0.05) is 64.4 Å². The minimum atomic E-state index is 1.00. The number of hydrogen-bond acceptors (Lipinski definition) is 4. The van der Waals surface area contributed by atoms with Crippen LogP contribution in [-0.2, 0) is 6.42 Å². The van der Waals surface area contributed by atoms with E-state index in [9.17, 15) is 0 Å². The second-order valence-electron chi connectivity index (χ2n) is 11.2. The van der Waals surface area contributed by atoms with Crippen LogP contribution in [0.25, 0.3) is 81.1 Å². The van der Waals surface area contributed by atoms with Crippen LogP contribution in [0.1, 0.15) is 24.3 Å². The third-order valence-corrected chi connectivity index (χ3v) is 11.0. The van der Waals surface area contributed by atoms with E-state index in [0.29, 0.717) is 0 Å². The molecule has 0 fully saturated rings. The van der Waals surface area contributed by atoms with Crippen molar-refractivity contribution in [3.05, 3.63) is 138 Å². The van der Waals surface area contributed by atoms with Crippen LogP contribution in [0.15, 0.2) is 128 Å². The van der Waals surface area contributed by atoms with Gasteiger partial charge >= 0.3 is 0 Å². The first-order valence-corrected chi connectivity index (χ1v) is 17.0. The molecule has 0 N–H and O–H groups in total. The average Bonchev–Trinajstić information content (AvgIpc) is 3.66. The standard InChI is InChI=1S/C41H30N2S2/c1-3-9-38-30(4-2)32-11-7-13-34(40(32)44-38)36-22-20-28(24-42-36)26-16-18-27(19-17-26)29-21-23-37(43-25-29)35-14-8-12-33-31-10-5-6-15-39(31)45-41(33)35/h3,5-25H,4H2,1-2H3/b9-3-. The number of thiophene rings is 2. The monoisotopic (exact) mass is 614 g/mol. The fourth-order valence-electron chi connectivity index (χ4n) is 6.29. The largest absolute Gasteiger partial charge is 0.256 e. The Morgan fingerprint density at radius 2 is 1.11 bits per heavy atom. The lowest BCUT2D eigenvalue weighted by Crippen LogP contribution is -1.87. The van der Waals surface area contributed by atoms with E-state index >= 15 is 0 Å². The van der Waals surface area contributed by atoms with Crippen molar-refractivity contribution >= 4 is 59.0 Å². The number of benzene rings is 4. The lowest BCUT2D eigenvalue weighted by atomic mass is 10.0. The van der Waals surface area contributed by atoms with E-state index in [1.54, 1.807) is 0 Å². The molecule has 4 aromatic heterocycles.